The zero-order valence-corrected chi connectivity index (χ0v) is 9.41. The van der Waals surface area contributed by atoms with Crippen molar-refractivity contribution in [2.24, 2.45) is 5.92 Å². The van der Waals surface area contributed by atoms with Crippen LogP contribution in [0.4, 0.5) is 0 Å². The van der Waals surface area contributed by atoms with Gasteiger partial charge in [-0.2, -0.15) is 0 Å². The van der Waals surface area contributed by atoms with Gasteiger partial charge in [-0.25, -0.2) is 9.97 Å². The Morgan fingerprint density at radius 1 is 1.29 bits per heavy atom. The maximum Gasteiger partial charge on any atom is 0.187 e. The topological polar surface area (TPSA) is 42.9 Å². The van der Waals surface area contributed by atoms with Gasteiger partial charge in [-0.1, -0.05) is 32.5 Å². The summed E-state index contributed by atoms with van der Waals surface area (Å²) in [4.78, 5) is 18.5. The van der Waals surface area contributed by atoms with Crippen LogP contribution in [0, 0.1) is 5.92 Å². The van der Waals surface area contributed by atoms with Crippen LogP contribution in [0.3, 0.4) is 0 Å². The highest BCUT2D eigenvalue weighted by Gasteiger charge is 2.10. The zero-order chi connectivity index (χ0) is 10.6. The summed E-state index contributed by atoms with van der Waals surface area (Å²) in [6.45, 7) is 6.47. The third kappa shape index (κ3) is 3.10. The second kappa shape index (κ2) is 5.10. The number of nitrogens with zero attached hydrogens (tertiary/aromatic N) is 2. The molecular formula is C10H14N2OS. The average Bonchev–Trinajstić information content (AvgIpc) is 2.19. The number of hydrogen-bond acceptors (Lipinski definition) is 4. The van der Waals surface area contributed by atoms with Crippen LogP contribution in [-0.2, 0) is 0 Å². The predicted octanol–water partition coefficient (Wildman–Crippen LogP) is 2.43. The molecule has 0 spiro atoms. The second-order valence-corrected chi connectivity index (χ2v) is 4.83. The van der Waals surface area contributed by atoms with Crippen molar-refractivity contribution in [2.45, 2.75) is 31.2 Å². The van der Waals surface area contributed by atoms with E-state index in [2.05, 4.69) is 30.7 Å². The van der Waals surface area contributed by atoms with Gasteiger partial charge < -0.3 is 0 Å². The summed E-state index contributed by atoms with van der Waals surface area (Å²) in [5, 5.41) is 1.22. The quantitative estimate of drug-likeness (QED) is 0.435. The molecular weight excluding hydrogens is 196 g/mol. The molecule has 1 atom stereocenters. The predicted molar refractivity (Wildman–Crippen MR) is 57.6 cm³/mol. The normalized spacial score (nSPS) is 12.9. The molecule has 4 heteroatoms. The van der Waals surface area contributed by atoms with E-state index in [0.29, 0.717) is 16.7 Å². The molecule has 14 heavy (non-hydrogen) atoms. The molecule has 1 rings (SSSR count). The van der Waals surface area contributed by atoms with Crippen LogP contribution >= 0.6 is 11.8 Å². The summed E-state index contributed by atoms with van der Waals surface area (Å²) in [7, 11) is 0. The first kappa shape index (κ1) is 11.2. The van der Waals surface area contributed by atoms with Gasteiger partial charge in [-0.3, -0.25) is 4.79 Å². The third-order valence-electron chi connectivity index (χ3n) is 2.01. The summed E-state index contributed by atoms with van der Waals surface area (Å²) >= 11 is 1.63. The minimum absolute atomic E-state index is 0.483. The summed E-state index contributed by atoms with van der Waals surface area (Å²) in [6, 6.07) is 0. The van der Waals surface area contributed by atoms with Crippen LogP contribution in [0.15, 0.2) is 17.6 Å². The molecule has 1 unspecified atom stereocenters. The molecule has 76 valence electrons. The lowest BCUT2D eigenvalue weighted by Crippen LogP contribution is -2.06. The van der Waals surface area contributed by atoms with Crippen molar-refractivity contribution >= 4 is 18.0 Å². The van der Waals surface area contributed by atoms with E-state index in [4.69, 9.17) is 0 Å². The molecule has 1 aromatic heterocycles. The molecule has 0 N–H and O–H groups in total. The van der Waals surface area contributed by atoms with Gasteiger partial charge in [0.15, 0.2) is 11.4 Å². The average molecular weight is 210 g/mol. The lowest BCUT2D eigenvalue weighted by atomic mass is 10.2. The van der Waals surface area contributed by atoms with Crippen LogP contribution in [0.1, 0.15) is 31.1 Å². The molecule has 0 saturated carbocycles. The lowest BCUT2D eigenvalue weighted by molar-refractivity contribution is 0.112. The van der Waals surface area contributed by atoms with E-state index in [1.54, 1.807) is 24.2 Å². The highest BCUT2D eigenvalue weighted by atomic mass is 32.2. The van der Waals surface area contributed by atoms with E-state index in [9.17, 15) is 4.79 Å². The Labute approximate surface area is 88.3 Å². The Morgan fingerprint density at radius 3 is 2.29 bits per heavy atom. The molecule has 0 aliphatic rings. The number of carbonyl (C=O) groups excluding carboxylic acids is 1. The van der Waals surface area contributed by atoms with Gasteiger partial charge >= 0.3 is 0 Å². The first-order chi connectivity index (χ1) is 6.63. The van der Waals surface area contributed by atoms with Gasteiger partial charge in [-0.05, 0) is 5.92 Å². The van der Waals surface area contributed by atoms with Gasteiger partial charge in [0.1, 0.15) is 0 Å². The van der Waals surface area contributed by atoms with Crippen molar-refractivity contribution in [3.05, 3.63) is 18.0 Å². The van der Waals surface area contributed by atoms with E-state index in [1.807, 2.05) is 0 Å². The molecule has 1 aromatic rings. The van der Waals surface area contributed by atoms with Crippen molar-refractivity contribution in [1.82, 2.24) is 9.97 Å². The van der Waals surface area contributed by atoms with Crippen molar-refractivity contribution in [2.75, 3.05) is 0 Å². The maximum atomic E-state index is 10.4. The maximum absolute atomic E-state index is 10.4. The Kier molecular flexibility index (Phi) is 4.07. The fraction of sp³-hybridized carbons (Fsp3) is 0.500. The monoisotopic (exact) mass is 210 g/mol. The van der Waals surface area contributed by atoms with Crippen LogP contribution < -0.4 is 0 Å². The third-order valence-corrected chi connectivity index (χ3v) is 3.35. The van der Waals surface area contributed by atoms with Crippen molar-refractivity contribution in [3.63, 3.8) is 0 Å². The van der Waals surface area contributed by atoms with E-state index in [0.717, 1.165) is 11.4 Å². The van der Waals surface area contributed by atoms with Crippen molar-refractivity contribution in [3.8, 4) is 0 Å². The highest BCUT2D eigenvalue weighted by Crippen LogP contribution is 2.24. The van der Waals surface area contributed by atoms with Crippen LogP contribution in [0.2, 0.25) is 0 Å². The number of carbonyl (C=O) groups is 1. The van der Waals surface area contributed by atoms with Gasteiger partial charge in [0.05, 0.1) is 5.56 Å². The molecule has 0 fully saturated rings. The number of hydrogen-bond donors (Lipinski definition) is 0. The molecule has 0 amide bonds. The molecule has 0 bridgehead atoms. The van der Waals surface area contributed by atoms with Crippen LogP contribution in [0.25, 0.3) is 0 Å². The minimum atomic E-state index is 0.483. The Balaban J connectivity index is 2.64. The molecule has 1 heterocycles. The summed E-state index contributed by atoms with van der Waals surface area (Å²) < 4.78 is 0. The largest absolute Gasteiger partial charge is 0.298 e. The number of aromatic nitrogens is 2. The smallest absolute Gasteiger partial charge is 0.187 e. The fourth-order valence-corrected chi connectivity index (χ4v) is 1.58. The van der Waals surface area contributed by atoms with Gasteiger partial charge in [0.25, 0.3) is 0 Å². The lowest BCUT2D eigenvalue weighted by Gasteiger charge is -2.12. The van der Waals surface area contributed by atoms with Gasteiger partial charge in [-0.15, -0.1) is 0 Å². The van der Waals surface area contributed by atoms with E-state index in [-0.39, 0.29) is 0 Å². The molecule has 0 radical (unpaired) electrons. The van der Waals surface area contributed by atoms with Crippen LogP contribution in [-0.4, -0.2) is 21.5 Å². The zero-order valence-electron chi connectivity index (χ0n) is 8.60. The molecule has 0 aromatic carbocycles. The number of rotatable bonds is 4. The van der Waals surface area contributed by atoms with Gasteiger partial charge in [0, 0.05) is 17.6 Å². The molecule has 0 saturated heterocycles. The Bertz CT molecular complexity index is 297. The van der Waals surface area contributed by atoms with E-state index >= 15 is 0 Å². The first-order valence-corrected chi connectivity index (χ1v) is 5.45. The van der Waals surface area contributed by atoms with Crippen LogP contribution in [0.5, 0.6) is 0 Å². The summed E-state index contributed by atoms with van der Waals surface area (Å²) in [5.74, 6) is 0.592. The summed E-state index contributed by atoms with van der Waals surface area (Å²) in [5.41, 5.74) is 0.520. The molecule has 0 aliphatic heterocycles. The number of aldehydes is 1. The van der Waals surface area contributed by atoms with Gasteiger partial charge in [0.2, 0.25) is 0 Å². The summed E-state index contributed by atoms with van der Waals surface area (Å²) in [6.07, 6.45) is 3.85. The number of thioether (sulfide) groups is 1. The molecule has 0 aliphatic carbocycles. The van der Waals surface area contributed by atoms with Crippen molar-refractivity contribution < 1.29 is 4.79 Å². The van der Waals surface area contributed by atoms with Crippen molar-refractivity contribution in [1.29, 1.82) is 0 Å². The highest BCUT2D eigenvalue weighted by molar-refractivity contribution is 7.99. The minimum Gasteiger partial charge on any atom is -0.298 e. The second-order valence-electron chi connectivity index (χ2n) is 3.48. The first-order valence-electron chi connectivity index (χ1n) is 4.57. The van der Waals surface area contributed by atoms with E-state index < -0.39 is 0 Å². The Morgan fingerprint density at radius 2 is 1.86 bits per heavy atom. The SMILES string of the molecule is CC(C)C(C)Sc1ncc(C=O)cn1. The standard InChI is InChI=1S/C10H14N2OS/c1-7(2)8(3)14-10-11-4-9(6-13)5-12-10/h4-8H,1-3H3. The van der Waals surface area contributed by atoms with E-state index in [1.165, 1.54) is 0 Å². The molecule has 3 nitrogen and oxygen atoms in total. The fourth-order valence-electron chi connectivity index (χ4n) is 0.750. The Hall–Kier alpha value is -0.900.